The van der Waals surface area contributed by atoms with E-state index in [0.717, 1.165) is 38.5 Å². The predicted octanol–water partition coefficient (Wildman–Crippen LogP) is 1.81. The summed E-state index contributed by atoms with van der Waals surface area (Å²) in [7, 11) is 0. The van der Waals surface area contributed by atoms with Crippen molar-refractivity contribution in [2.75, 3.05) is 19.8 Å². The van der Waals surface area contributed by atoms with E-state index >= 15 is 0 Å². The molecular weight excluding hydrogens is 258 g/mol. The van der Waals surface area contributed by atoms with E-state index in [4.69, 9.17) is 4.74 Å². The molecule has 1 atom stereocenters. The van der Waals surface area contributed by atoms with Gasteiger partial charge in [0.1, 0.15) is 0 Å². The smallest absolute Gasteiger partial charge is 0.308 e. The van der Waals surface area contributed by atoms with Crippen LogP contribution in [0.3, 0.4) is 0 Å². The molecule has 1 saturated heterocycles. The molecule has 1 amide bonds. The molecule has 5 nitrogen and oxygen atoms in total. The lowest BCUT2D eigenvalue weighted by Gasteiger charge is -2.40. The van der Waals surface area contributed by atoms with Crippen LogP contribution in [0.15, 0.2) is 0 Å². The van der Waals surface area contributed by atoms with Crippen LogP contribution in [0, 0.1) is 17.3 Å². The number of carboxylic acid groups (broad SMARTS) is 1. The van der Waals surface area contributed by atoms with Gasteiger partial charge in [-0.25, -0.2) is 0 Å². The first-order valence-electron chi connectivity index (χ1n) is 7.68. The van der Waals surface area contributed by atoms with Crippen LogP contribution in [0.5, 0.6) is 0 Å². The maximum absolute atomic E-state index is 12.3. The molecule has 2 aliphatic rings. The molecule has 1 saturated carbocycles. The molecule has 0 radical (unpaired) electrons. The average molecular weight is 283 g/mol. The summed E-state index contributed by atoms with van der Waals surface area (Å²) in [6.07, 6.45) is 5.35. The summed E-state index contributed by atoms with van der Waals surface area (Å²) in [6.45, 7) is 3.54. The molecule has 2 rings (SSSR count). The lowest BCUT2D eigenvalue weighted by molar-refractivity contribution is -0.145. The molecule has 0 bridgehead atoms. The van der Waals surface area contributed by atoms with Gasteiger partial charge < -0.3 is 15.2 Å². The summed E-state index contributed by atoms with van der Waals surface area (Å²) in [5.41, 5.74) is -0.223. The second-order valence-electron chi connectivity index (χ2n) is 6.09. The zero-order chi connectivity index (χ0) is 14.6. The Labute approximate surface area is 120 Å². The number of hydrogen-bond acceptors (Lipinski definition) is 3. The van der Waals surface area contributed by atoms with E-state index in [-0.39, 0.29) is 23.8 Å². The van der Waals surface area contributed by atoms with Gasteiger partial charge in [0.05, 0.1) is 5.92 Å². The molecule has 2 N–H and O–H groups in total. The van der Waals surface area contributed by atoms with Crippen molar-refractivity contribution < 1.29 is 19.4 Å². The third kappa shape index (κ3) is 3.14. The van der Waals surface area contributed by atoms with E-state index in [1.54, 1.807) is 0 Å². The van der Waals surface area contributed by atoms with Gasteiger partial charge in [0.2, 0.25) is 5.91 Å². The Kier molecular flexibility index (Phi) is 5.02. The fourth-order valence-corrected chi connectivity index (χ4v) is 3.31. The fraction of sp³-hybridized carbons (Fsp3) is 0.867. The molecule has 5 heteroatoms. The Balaban J connectivity index is 1.88. The zero-order valence-corrected chi connectivity index (χ0v) is 12.2. The second kappa shape index (κ2) is 6.57. The van der Waals surface area contributed by atoms with E-state index < -0.39 is 11.9 Å². The Morgan fingerprint density at radius 1 is 1.35 bits per heavy atom. The molecule has 2 fully saturated rings. The first-order valence-corrected chi connectivity index (χ1v) is 7.68. The molecular formula is C15H25NO4. The predicted molar refractivity (Wildman–Crippen MR) is 74.3 cm³/mol. The van der Waals surface area contributed by atoms with E-state index in [9.17, 15) is 14.7 Å². The Hall–Kier alpha value is -1.10. The van der Waals surface area contributed by atoms with Crippen LogP contribution in [0.4, 0.5) is 0 Å². The van der Waals surface area contributed by atoms with Gasteiger partial charge in [0, 0.05) is 25.2 Å². The second-order valence-corrected chi connectivity index (χ2v) is 6.09. The van der Waals surface area contributed by atoms with E-state index in [0.29, 0.717) is 13.2 Å². The third-order valence-electron chi connectivity index (χ3n) is 5.10. The highest BCUT2D eigenvalue weighted by molar-refractivity contribution is 5.84. The quantitative estimate of drug-likeness (QED) is 0.779. The largest absolute Gasteiger partial charge is 0.481 e. The Bertz CT molecular complexity index is 353. The third-order valence-corrected chi connectivity index (χ3v) is 5.10. The van der Waals surface area contributed by atoms with Gasteiger partial charge in [-0.1, -0.05) is 13.3 Å². The monoisotopic (exact) mass is 283 g/mol. The van der Waals surface area contributed by atoms with Crippen LogP contribution in [0.2, 0.25) is 0 Å². The number of rotatable bonds is 6. The Morgan fingerprint density at radius 2 is 2.00 bits per heavy atom. The number of aliphatic carboxylic acids is 1. The lowest BCUT2D eigenvalue weighted by atomic mass is 9.66. The standard InChI is InChI=1S/C15H25NO4/c1-2-15(6-3-7-15)14(19)16-10-12(13(17)18)11-4-8-20-9-5-11/h11-12H,2-10H2,1H3,(H,16,19)(H,17,18). The molecule has 114 valence electrons. The normalized spacial score (nSPS) is 23.6. The average Bonchev–Trinajstić information content (AvgIpc) is 2.39. The summed E-state index contributed by atoms with van der Waals surface area (Å²) in [5, 5.41) is 12.3. The van der Waals surface area contributed by atoms with Crippen LogP contribution < -0.4 is 5.32 Å². The number of amides is 1. The molecule has 1 unspecified atom stereocenters. The minimum atomic E-state index is -0.809. The minimum Gasteiger partial charge on any atom is -0.481 e. The highest BCUT2D eigenvalue weighted by Gasteiger charge is 2.42. The van der Waals surface area contributed by atoms with Gasteiger partial charge in [-0.3, -0.25) is 9.59 Å². The van der Waals surface area contributed by atoms with Crippen molar-refractivity contribution in [2.24, 2.45) is 17.3 Å². The van der Waals surface area contributed by atoms with E-state index in [2.05, 4.69) is 5.32 Å². The summed E-state index contributed by atoms with van der Waals surface area (Å²) in [4.78, 5) is 23.7. The van der Waals surface area contributed by atoms with Crippen LogP contribution in [0.25, 0.3) is 0 Å². The van der Waals surface area contributed by atoms with Crippen molar-refractivity contribution in [1.29, 1.82) is 0 Å². The maximum atomic E-state index is 12.3. The summed E-state index contributed by atoms with van der Waals surface area (Å²) >= 11 is 0. The van der Waals surface area contributed by atoms with Crippen LogP contribution in [0.1, 0.15) is 45.4 Å². The molecule has 20 heavy (non-hydrogen) atoms. The number of carbonyl (C=O) groups is 2. The number of carboxylic acids is 1. The number of nitrogens with one attached hydrogen (secondary N) is 1. The molecule has 0 aromatic carbocycles. The number of carbonyl (C=O) groups excluding carboxylic acids is 1. The topological polar surface area (TPSA) is 75.6 Å². The number of ether oxygens (including phenoxy) is 1. The molecule has 0 spiro atoms. The SMILES string of the molecule is CCC1(C(=O)NCC(C(=O)O)C2CCOCC2)CCC1. The summed E-state index contributed by atoms with van der Waals surface area (Å²) < 4.78 is 5.27. The summed E-state index contributed by atoms with van der Waals surface area (Å²) in [5.74, 6) is -1.14. The lowest BCUT2D eigenvalue weighted by Crippen LogP contribution is -2.48. The van der Waals surface area contributed by atoms with Gasteiger partial charge in [0.15, 0.2) is 0 Å². The van der Waals surface area contributed by atoms with Crippen molar-refractivity contribution >= 4 is 11.9 Å². The van der Waals surface area contributed by atoms with Crippen molar-refractivity contribution in [1.82, 2.24) is 5.32 Å². The van der Waals surface area contributed by atoms with Crippen molar-refractivity contribution in [2.45, 2.75) is 45.4 Å². The molecule has 1 aliphatic heterocycles. The highest BCUT2D eigenvalue weighted by atomic mass is 16.5. The van der Waals surface area contributed by atoms with E-state index in [1.807, 2.05) is 6.92 Å². The first-order chi connectivity index (χ1) is 9.59. The van der Waals surface area contributed by atoms with E-state index in [1.165, 1.54) is 0 Å². The molecule has 1 aliphatic carbocycles. The fourth-order valence-electron chi connectivity index (χ4n) is 3.31. The number of hydrogen-bond donors (Lipinski definition) is 2. The van der Waals surface area contributed by atoms with Gasteiger partial charge in [0.25, 0.3) is 0 Å². The van der Waals surface area contributed by atoms with Crippen molar-refractivity contribution in [3.05, 3.63) is 0 Å². The first kappa shape index (κ1) is 15.3. The molecule has 0 aromatic rings. The van der Waals surface area contributed by atoms with Gasteiger partial charge in [-0.05, 0) is 38.0 Å². The van der Waals surface area contributed by atoms with Crippen molar-refractivity contribution in [3.63, 3.8) is 0 Å². The minimum absolute atomic E-state index is 0.0459. The highest BCUT2D eigenvalue weighted by Crippen LogP contribution is 2.43. The molecule has 0 aromatic heterocycles. The maximum Gasteiger partial charge on any atom is 0.308 e. The molecule has 1 heterocycles. The summed E-state index contributed by atoms with van der Waals surface area (Å²) in [6, 6.07) is 0. The van der Waals surface area contributed by atoms with Gasteiger partial charge in [-0.15, -0.1) is 0 Å². The Morgan fingerprint density at radius 3 is 2.45 bits per heavy atom. The van der Waals surface area contributed by atoms with Gasteiger partial charge >= 0.3 is 5.97 Å². The van der Waals surface area contributed by atoms with Crippen LogP contribution in [-0.4, -0.2) is 36.7 Å². The zero-order valence-electron chi connectivity index (χ0n) is 12.2. The van der Waals surface area contributed by atoms with Crippen LogP contribution in [-0.2, 0) is 14.3 Å². The van der Waals surface area contributed by atoms with Gasteiger partial charge in [-0.2, -0.15) is 0 Å². The van der Waals surface area contributed by atoms with Crippen LogP contribution >= 0.6 is 0 Å². The van der Waals surface area contributed by atoms with Crippen molar-refractivity contribution in [3.8, 4) is 0 Å².